The smallest absolute Gasteiger partial charge is 0.225 e. The molecule has 0 spiro atoms. The second-order valence-electron chi connectivity index (χ2n) is 10.4. The zero-order valence-electron chi connectivity index (χ0n) is 22.4. The third-order valence-corrected chi connectivity index (χ3v) is 6.07. The second-order valence-corrected chi connectivity index (χ2v) is 10.4. The van der Waals surface area contributed by atoms with E-state index in [1.807, 2.05) is 62.4 Å². The molecule has 190 valence electrons. The largest absolute Gasteiger partial charge is 0.489 e. The van der Waals surface area contributed by atoms with Crippen LogP contribution < -0.4 is 10.1 Å². The number of nitriles is 1. The Hall–Kier alpha value is -3.58. The quantitative estimate of drug-likeness (QED) is 0.305. The van der Waals surface area contributed by atoms with Crippen molar-refractivity contribution in [3.8, 4) is 11.8 Å². The van der Waals surface area contributed by atoms with E-state index in [0.717, 1.165) is 12.2 Å². The summed E-state index contributed by atoms with van der Waals surface area (Å²) in [5.74, 6) is 0.980. The predicted octanol–water partition coefficient (Wildman–Crippen LogP) is 7.37. The van der Waals surface area contributed by atoms with Crippen molar-refractivity contribution >= 4 is 5.91 Å². The highest BCUT2D eigenvalue weighted by molar-refractivity contribution is 5.81. The highest BCUT2D eigenvalue weighted by Gasteiger charge is 2.35. The Morgan fingerprint density at radius 1 is 0.889 bits per heavy atom. The molecule has 0 saturated carbocycles. The summed E-state index contributed by atoms with van der Waals surface area (Å²) in [4.78, 5) is 12.3. The molecule has 3 aromatic rings. The number of aryl methyl sites for hydroxylation is 1. The first-order chi connectivity index (χ1) is 17.1. The van der Waals surface area contributed by atoms with Gasteiger partial charge in [0.25, 0.3) is 0 Å². The van der Waals surface area contributed by atoms with Crippen molar-refractivity contribution in [3.05, 3.63) is 102 Å². The van der Waals surface area contributed by atoms with Crippen molar-refractivity contribution < 1.29 is 9.53 Å². The molecule has 0 aliphatic heterocycles. The van der Waals surface area contributed by atoms with Crippen molar-refractivity contribution in [1.82, 2.24) is 5.32 Å². The van der Waals surface area contributed by atoms with Gasteiger partial charge in [0.2, 0.25) is 5.91 Å². The first-order valence-electron chi connectivity index (χ1n) is 12.6. The first-order valence-corrected chi connectivity index (χ1v) is 12.6. The lowest BCUT2D eigenvalue weighted by molar-refractivity contribution is -0.130. The second kappa shape index (κ2) is 14.1. The highest BCUT2D eigenvalue weighted by Crippen LogP contribution is 2.36. The number of benzene rings is 3. The van der Waals surface area contributed by atoms with Crippen molar-refractivity contribution in [2.24, 2.45) is 5.41 Å². The van der Waals surface area contributed by atoms with E-state index in [0.29, 0.717) is 26.0 Å². The molecular weight excluding hydrogens is 444 g/mol. The van der Waals surface area contributed by atoms with Crippen LogP contribution in [0.2, 0.25) is 0 Å². The van der Waals surface area contributed by atoms with Crippen LogP contribution in [0.5, 0.6) is 5.75 Å². The van der Waals surface area contributed by atoms with E-state index in [4.69, 9.17) is 10.00 Å². The third-order valence-electron chi connectivity index (χ3n) is 6.07. The normalized spacial score (nSPS) is 11.0. The van der Waals surface area contributed by atoms with Gasteiger partial charge in [-0.25, -0.2) is 0 Å². The molecule has 0 saturated heterocycles. The molecule has 1 N–H and O–H groups in total. The predicted molar refractivity (Wildman–Crippen MR) is 148 cm³/mol. The van der Waals surface area contributed by atoms with Gasteiger partial charge in [0.05, 0.1) is 6.07 Å². The molecule has 1 amide bonds. The minimum atomic E-state index is -0.439. The van der Waals surface area contributed by atoms with Gasteiger partial charge in [0, 0.05) is 18.4 Å². The van der Waals surface area contributed by atoms with Gasteiger partial charge in [-0.2, -0.15) is 5.26 Å². The first kappa shape index (κ1) is 28.7. The monoisotopic (exact) mass is 484 g/mol. The van der Waals surface area contributed by atoms with Gasteiger partial charge in [-0.05, 0) is 48.4 Å². The number of ether oxygens (including phenoxy) is 1. The molecule has 0 fully saturated rings. The molecule has 0 bridgehead atoms. The Kier molecular flexibility index (Phi) is 11.2. The Balaban J connectivity index is 0.000000267. The van der Waals surface area contributed by atoms with Crippen molar-refractivity contribution in [3.63, 3.8) is 0 Å². The van der Waals surface area contributed by atoms with Gasteiger partial charge in [-0.15, -0.1) is 0 Å². The Labute approximate surface area is 217 Å². The fraction of sp³-hybridized carbons (Fsp3) is 0.375. The Bertz CT molecular complexity index is 1080. The average molecular weight is 485 g/mol. The molecule has 0 aromatic heterocycles. The molecule has 0 unspecified atom stereocenters. The van der Waals surface area contributed by atoms with Crippen molar-refractivity contribution in [2.45, 2.75) is 65.9 Å². The zero-order chi connectivity index (χ0) is 26.4. The number of unbranched alkanes of at least 4 members (excludes halogenated alkanes) is 1. The maximum Gasteiger partial charge on any atom is 0.225 e. The summed E-state index contributed by atoms with van der Waals surface area (Å²) < 4.78 is 5.65. The summed E-state index contributed by atoms with van der Waals surface area (Å²) in [5.41, 5.74) is 3.19. The minimum absolute atomic E-state index is 0.0597. The topological polar surface area (TPSA) is 62.1 Å². The molecule has 0 heterocycles. The third kappa shape index (κ3) is 9.96. The number of carbonyl (C=O) groups excluding carboxylic acids is 1. The molecule has 4 nitrogen and oxygen atoms in total. The standard InChI is InChI=1S/C18H26N2O.C14H14O/c1-17(2,15-10-6-5-7-11-15)14-18(3,4)16(21)20-13-9-8-12-19;1-12-7-9-14(10-8-12)15-11-13-5-3-2-4-6-13/h5-7,10-11H,8-9,13-14H2,1-4H3,(H,20,21);2-10H,11H2,1H3. The molecule has 0 radical (unpaired) electrons. The van der Waals surface area contributed by atoms with Crippen LogP contribution in [0.1, 0.15) is 63.6 Å². The van der Waals surface area contributed by atoms with E-state index in [1.54, 1.807) is 0 Å². The fourth-order valence-electron chi connectivity index (χ4n) is 4.16. The van der Waals surface area contributed by atoms with Crippen LogP contribution in [0, 0.1) is 23.7 Å². The summed E-state index contributed by atoms with van der Waals surface area (Å²) in [6.07, 6.45) is 1.96. The zero-order valence-corrected chi connectivity index (χ0v) is 22.4. The van der Waals surface area contributed by atoms with Crippen LogP contribution in [0.15, 0.2) is 84.9 Å². The molecule has 36 heavy (non-hydrogen) atoms. The van der Waals surface area contributed by atoms with E-state index in [1.165, 1.54) is 16.7 Å². The van der Waals surface area contributed by atoms with E-state index in [2.05, 4.69) is 68.6 Å². The molecular formula is C32H40N2O2. The van der Waals surface area contributed by atoms with E-state index >= 15 is 0 Å². The maximum absolute atomic E-state index is 12.3. The maximum atomic E-state index is 12.3. The highest BCUT2D eigenvalue weighted by atomic mass is 16.5. The van der Waals surface area contributed by atoms with Crippen LogP contribution in [0.3, 0.4) is 0 Å². The molecule has 3 aromatic carbocycles. The van der Waals surface area contributed by atoms with Crippen molar-refractivity contribution in [1.29, 1.82) is 5.26 Å². The molecule has 0 aliphatic rings. The molecule has 0 aliphatic carbocycles. The number of hydrogen-bond acceptors (Lipinski definition) is 3. The molecule has 3 rings (SSSR count). The van der Waals surface area contributed by atoms with Crippen LogP contribution in [-0.2, 0) is 16.8 Å². The summed E-state index contributed by atoms with van der Waals surface area (Å²) in [6.45, 7) is 11.6. The van der Waals surface area contributed by atoms with Crippen molar-refractivity contribution in [2.75, 3.05) is 6.54 Å². The summed E-state index contributed by atoms with van der Waals surface area (Å²) in [5, 5.41) is 11.4. The number of rotatable bonds is 10. The average Bonchev–Trinajstić information content (AvgIpc) is 2.87. The number of amides is 1. The number of nitrogens with one attached hydrogen (secondary N) is 1. The number of carbonyl (C=O) groups is 1. The van der Waals surface area contributed by atoms with E-state index < -0.39 is 5.41 Å². The van der Waals surface area contributed by atoms with Crippen LogP contribution in [0.25, 0.3) is 0 Å². The van der Waals surface area contributed by atoms with Gasteiger partial charge >= 0.3 is 0 Å². The van der Waals surface area contributed by atoms with Crippen LogP contribution in [-0.4, -0.2) is 12.5 Å². The van der Waals surface area contributed by atoms with Gasteiger partial charge in [0.1, 0.15) is 12.4 Å². The Morgan fingerprint density at radius 2 is 1.47 bits per heavy atom. The SMILES string of the molecule is CC(C)(CC(C)(C)c1ccccc1)C(=O)NCCCC#N.Cc1ccc(OCc2ccccc2)cc1. The molecule has 4 heteroatoms. The lowest BCUT2D eigenvalue weighted by Crippen LogP contribution is -2.41. The van der Waals surface area contributed by atoms with Gasteiger partial charge in [-0.3, -0.25) is 4.79 Å². The van der Waals surface area contributed by atoms with Gasteiger partial charge in [0.15, 0.2) is 0 Å². The van der Waals surface area contributed by atoms with Gasteiger partial charge < -0.3 is 10.1 Å². The lowest BCUT2D eigenvalue weighted by atomic mass is 9.71. The van der Waals surface area contributed by atoms with Crippen LogP contribution in [0.4, 0.5) is 0 Å². The summed E-state index contributed by atoms with van der Waals surface area (Å²) in [7, 11) is 0. The number of hydrogen-bond donors (Lipinski definition) is 1. The minimum Gasteiger partial charge on any atom is -0.489 e. The lowest BCUT2D eigenvalue weighted by Gasteiger charge is -2.34. The Morgan fingerprint density at radius 3 is 2.06 bits per heavy atom. The molecule has 0 atom stereocenters. The van der Waals surface area contributed by atoms with Gasteiger partial charge in [-0.1, -0.05) is 106 Å². The summed E-state index contributed by atoms with van der Waals surface area (Å²) in [6, 6.07) is 30.7. The van der Waals surface area contributed by atoms with Crippen LogP contribution >= 0.6 is 0 Å². The van der Waals surface area contributed by atoms with E-state index in [9.17, 15) is 4.79 Å². The number of nitrogens with zero attached hydrogens (tertiary/aromatic N) is 1. The van der Waals surface area contributed by atoms with E-state index in [-0.39, 0.29) is 11.3 Å². The summed E-state index contributed by atoms with van der Waals surface area (Å²) >= 11 is 0. The fourth-order valence-corrected chi connectivity index (χ4v) is 4.16.